The molecule has 2 amide bonds. The Labute approximate surface area is 151 Å². The van der Waals surface area contributed by atoms with E-state index in [1.54, 1.807) is 0 Å². The van der Waals surface area contributed by atoms with E-state index < -0.39 is 34.5 Å². The quantitative estimate of drug-likeness (QED) is 0.660. The van der Waals surface area contributed by atoms with E-state index in [1.807, 2.05) is 0 Å². The molecule has 1 fully saturated rings. The number of likely N-dealkylation sites (tertiary alicyclic amines) is 1. The third kappa shape index (κ3) is 4.79. The molecule has 26 heavy (non-hydrogen) atoms. The minimum atomic E-state index is -3.95. The number of methoxy groups -OCH3 is 1. The highest BCUT2D eigenvalue weighted by Gasteiger charge is 2.28. The van der Waals surface area contributed by atoms with E-state index in [1.165, 1.54) is 38.3 Å². The van der Waals surface area contributed by atoms with E-state index in [-0.39, 0.29) is 17.2 Å². The average Bonchev–Trinajstić information content (AvgIpc) is 3.05. The Morgan fingerprint density at radius 3 is 2.46 bits per heavy atom. The zero-order valence-electron chi connectivity index (χ0n) is 14.4. The van der Waals surface area contributed by atoms with Crippen LogP contribution < -0.4 is 9.46 Å². The van der Waals surface area contributed by atoms with Crippen molar-refractivity contribution in [1.82, 2.24) is 9.62 Å². The number of carbonyl (C=O) groups excluding carboxylic acids is 3. The van der Waals surface area contributed by atoms with Crippen molar-refractivity contribution in [3.8, 4) is 5.75 Å². The molecule has 10 heteroatoms. The van der Waals surface area contributed by atoms with Crippen LogP contribution in [0.25, 0.3) is 0 Å². The number of nitrogens with one attached hydrogen (secondary N) is 1. The number of imide groups is 1. The fourth-order valence-electron chi connectivity index (χ4n) is 2.35. The number of carbonyl (C=O) groups is 3. The summed E-state index contributed by atoms with van der Waals surface area (Å²) in [5.74, 6) is -1.35. The molecule has 0 aromatic heterocycles. The Morgan fingerprint density at radius 2 is 1.92 bits per heavy atom. The van der Waals surface area contributed by atoms with E-state index in [0.717, 1.165) is 4.90 Å². The summed E-state index contributed by atoms with van der Waals surface area (Å²) in [6.45, 7) is 0.989. The van der Waals surface area contributed by atoms with Crippen molar-refractivity contribution in [2.45, 2.75) is 30.7 Å². The molecule has 2 rings (SSSR count). The van der Waals surface area contributed by atoms with Gasteiger partial charge in [0.15, 0.2) is 6.61 Å². The van der Waals surface area contributed by atoms with Crippen LogP contribution in [-0.2, 0) is 29.1 Å². The first kappa shape index (κ1) is 19.9. The lowest BCUT2D eigenvalue weighted by Crippen LogP contribution is -2.41. The topological polar surface area (TPSA) is 119 Å². The lowest BCUT2D eigenvalue weighted by Gasteiger charge is -2.16. The molecular weight excluding hydrogens is 364 g/mol. The molecule has 1 saturated heterocycles. The maximum Gasteiger partial charge on any atom is 0.324 e. The molecule has 0 unspecified atom stereocenters. The molecule has 0 spiro atoms. The fourth-order valence-corrected chi connectivity index (χ4v) is 3.54. The molecule has 1 N–H and O–H groups in total. The Balaban J connectivity index is 1.90. The van der Waals surface area contributed by atoms with Crippen molar-refractivity contribution in [3.63, 3.8) is 0 Å². The van der Waals surface area contributed by atoms with Crippen LogP contribution in [0.1, 0.15) is 19.8 Å². The van der Waals surface area contributed by atoms with Crippen molar-refractivity contribution >= 4 is 27.8 Å². The summed E-state index contributed by atoms with van der Waals surface area (Å²) in [4.78, 5) is 36.2. The van der Waals surface area contributed by atoms with Gasteiger partial charge in [0.25, 0.3) is 5.91 Å². The molecule has 1 aromatic rings. The number of amides is 2. The third-order valence-electron chi connectivity index (χ3n) is 3.77. The first-order chi connectivity index (χ1) is 12.2. The SMILES string of the molecule is COc1ccc(S(=O)(=O)N[C@@H](C)C(=O)OCC(=O)N2CCCC2=O)cc1. The van der Waals surface area contributed by atoms with Crippen molar-refractivity contribution < 1.29 is 32.3 Å². The molecule has 1 aliphatic heterocycles. The summed E-state index contributed by atoms with van der Waals surface area (Å²) < 4.78 is 36.5. The minimum absolute atomic E-state index is 0.0447. The second-order valence-electron chi connectivity index (χ2n) is 5.67. The van der Waals surface area contributed by atoms with Gasteiger partial charge in [-0.15, -0.1) is 0 Å². The zero-order valence-corrected chi connectivity index (χ0v) is 15.2. The van der Waals surface area contributed by atoms with Gasteiger partial charge in [0, 0.05) is 13.0 Å². The number of benzene rings is 1. The summed E-state index contributed by atoms with van der Waals surface area (Å²) in [6.07, 6.45) is 0.869. The van der Waals surface area contributed by atoms with Crippen LogP contribution in [0.4, 0.5) is 0 Å². The van der Waals surface area contributed by atoms with Gasteiger partial charge in [-0.1, -0.05) is 0 Å². The summed E-state index contributed by atoms with van der Waals surface area (Å²) in [5, 5.41) is 0. The van der Waals surface area contributed by atoms with Gasteiger partial charge in [-0.3, -0.25) is 19.3 Å². The molecule has 142 valence electrons. The zero-order chi connectivity index (χ0) is 19.3. The maximum absolute atomic E-state index is 12.3. The molecule has 1 heterocycles. The van der Waals surface area contributed by atoms with Gasteiger partial charge in [0.05, 0.1) is 12.0 Å². The molecular formula is C16H20N2O7S. The first-order valence-corrected chi connectivity index (χ1v) is 9.39. The highest BCUT2D eigenvalue weighted by Crippen LogP contribution is 2.16. The molecule has 1 aliphatic rings. The molecule has 0 aliphatic carbocycles. The lowest BCUT2D eigenvalue weighted by atomic mass is 10.3. The molecule has 1 atom stereocenters. The number of hydrogen-bond donors (Lipinski definition) is 1. The largest absolute Gasteiger partial charge is 0.497 e. The summed E-state index contributed by atoms with van der Waals surface area (Å²) in [6, 6.07) is 4.42. The van der Waals surface area contributed by atoms with Crippen LogP contribution in [0.3, 0.4) is 0 Å². The fraction of sp³-hybridized carbons (Fsp3) is 0.438. The number of sulfonamides is 1. The Kier molecular flexibility index (Phi) is 6.32. The van der Waals surface area contributed by atoms with Crippen LogP contribution in [0, 0.1) is 0 Å². The van der Waals surface area contributed by atoms with Gasteiger partial charge in [-0.05, 0) is 37.6 Å². The Morgan fingerprint density at radius 1 is 1.27 bits per heavy atom. The number of nitrogens with zero attached hydrogens (tertiary/aromatic N) is 1. The number of hydrogen-bond acceptors (Lipinski definition) is 7. The highest BCUT2D eigenvalue weighted by atomic mass is 32.2. The average molecular weight is 384 g/mol. The molecule has 0 radical (unpaired) electrons. The number of esters is 1. The Bertz CT molecular complexity index is 789. The summed E-state index contributed by atoms with van der Waals surface area (Å²) in [5.41, 5.74) is 0. The first-order valence-electron chi connectivity index (χ1n) is 7.91. The normalized spacial score (nSPS) is 15.6. The standard InChI is InChI=1S/C16H20N2O7S/c1-11(16(21)25-10-15(20)18-9-3-4-14(18)19)17-26(22,23)13-7-5-12(24-2)6-8-13/h5-8,11,17H,3-4,9-10H2,1-2H3/t11-/m0/s1. The van der Waals surface area contributed by atoms with E-state index in [2.05, 4.69) is 4.72 Å². The van der Waals surface area contributed by atoms with Gasteiger partial charge >= 0.3 is 5.97 Å². The molecule has 9 nitrogen and oxygen atoms in total. The number of rotatable bonds is 7. The second-order valence-corrected chi connectivity index (χ2v) is 7.38. The van der Waals surface area contributed by atoms with Crippen molar-refractivity contribution in [3.05, 3.63) is 24.3 Å². The lowest BCUT2D eigenvalue weighted by molar-refractivity contribution is -0.155. The van der Waals surface area contributed by atoms with Gasteiger partial charge in [0.2, 0.25) is 15.9 Å². The smallest absolute Gasteiger partial charge is 0.324 e. The van der Waals surface area contributed by atoms with Crippen LogP contribution >= 0.6 is 0 Å². The monoisotopic (exact) mass is 384 g/mol. The predicted octanol–water partition coefficient (Wildman–Crippen LogP) is 0.0542. The molecule has 1 aromatic carbocycles. The van der Waals surface area contributed by atoms with E-state index in [9.17, 15) is 22.8 Å². The van der Waals surface area contributed by atoms with Gasteiger partial charge in [-0.2, -0.15) is 4.72 Å². The van der Waals surface area contributed by atoms with Crippen LogP contribution in [0.15, 0.2) is 29.2 Å². The molecule has 0 saturated carbocycles. The van der Waals surface area contributed by atoms with Gasteiger partial charge < -0.3 is 9.47 Å². The third-order valence-corrected chi connectivity index (χ3v) is 5.32. The predicted molar refractivity (Wildman–Crippen MR) is 89.7 cm³/mol. The van der Waals surface area contributed by atoms with Crippen LogP contribution in [0.5, 0.6) is 5.75 Å². The van der Waals surface area contributed by atoms with Crippen molar-refractivity contribution in [2.24, 2.45) is 0 Å². The van der Waals surface area contributed by atoms with E-state index in [4.69, 9.17) is 9.47 Å². The Hall–Kier alpha value is -2.46. The second kappa shape index (κ2) is 8.28. The molecule has 0 bridgehead atoms. The minimum Gasteiger partial charge on any atom is -0.497 e. The summed E-state index contributed by atoms with van der Waals surface area (Å²) >= 11 is 0. The summed E-state index contributed by atoms with van der Waals surface area (Å²) in [7, 11) is -2.49. The van der Waals surface area contributed by atoms with Gasteiger partial charge in [0.1, 0.15) is 11.8 Å². The van der Waals surface area contributed by atoms with Crippen molar-refractivity contribution in [2.75, 3.05) is 20.3 Å². The van der Waals surface area contributed by atoms with E-state index >= 15 is 0 Å². The van der Waals surface area contributed by atoms with Crippen LogP contribution in [0.2, 0.25) is 0 Å². The highest BCUT2D eigenvalue weighted by molar-refractivity contribution is 7.89. The van der Waals surface area contributed by atoms with Crippen molar-refractivity contribution in [1.29, 1.82) is 0 Å². The van der Waals surface area contributed by atoms with Gasteiger partial charge in [-0.25, -0.2) is 8.42 Å². The maximum atomic E-state index is 12.3. The number of ether oxygens (including phenoxy) is 2. The van der Waals surface area contributed by atoms with E-state index in [0.29, 0.717) is 18.7 Å². The van der Waals surface area contributed by atoms with Crippen LogP contribution in [-0.4, -0.2) is 57.4 Å².